The number of alkyl halides is 1. The highest BCUT2D eigenvalue weighted by Gasteiger charge is 1.97. The van der Waals surface area contributed by atoms with E-state index in [0.29, 0.717) is 31.5 Å². The molecule has 0 radical (unpaired) electrons. The standard InChI is InChI=1S/C9H14ClN3O2/c10-2-7-15-6-1-3-11-8-9(14)13-5-4-12-8/h4-5H,1-3,6-7H2,(H,11,12)(H,13,14). The van der Waals surface area contributed by atoms with E-state index < -0.39 is 0 Å². The summed E-state index contributed by atoms with van der Waals surface area (Å²) in [5, 5.41) is 2.92. The summed E-state index contributed by atoms with van der Waals surface area (Å²) in [5.41, 5.74) is -0.209. The Morgan fingerprint density at radius 3 is 3.13 bits per heavy atom. The molecular formula is C9H14ClN3O2. The predicted octanol–water partition coefficient (Wildman–Crippen LogP) is 0.827. The summed E-state index contributed by atoms with van der Waals surface area (Å²) in [7, 11) is 0. The lowest BCUT2D eigenvalue weighted by Gasteiger charge is -2.04. The third kappa shape index (κ3) is 4.80. The van der Waals surface area contributed by atoms with E-state index in [-0.39, 0.29) is 5.56 Å². The number of nitrogens with zero attached hydrogens (tertiary/aromatic N) is 1. The summed E-state index contributed by atoms with van der Waals surface area (Å²) in [6.45, 7) is 1.85. The number of rotatable bonds is 7. The smallest absolute Gasteiger partial charge is 0.290 e. The van der Waals surface area contributed by atoms with Crippen LogP contribution in [0.3, 0.4) is 0 Å². The van der Waals surface area contributed by atoms with Crippen LogP contribution in [0.2, 0.25) is 0 Å². The second-order valence-corrected chi connectivity index (χ2v) is 3.23. The van der Waals surface area contributed by atoms with Crippen LogP contribution in [0, 0.1) is 0 Å². The van der Waals surface area contributed by atoms with Gasteiger partial charge >= 0.3 is 0 Å². The van der Waals surface area contributed by atoms with Gasteiger partial charge in [0.15, 0.2) is 5.82 Å². The average Bonchev–Trinajstić information content (AvgIpc) is 2.25. The molecule has 1 heterocycles. The number of aromatic nitrogens is 2. The highest BCUT2D eigenvalue weighted by molar-refractivity contribution is 6.17. The summed E-state index contributed by atoms with van der Waals surface area (Å²) in [4.78, 5) is 17.6. The minimum Gasteiger partial charge on any atom is -0.380 e. The van der Waals surface area contributed by atoms with E-state index in [2.05, 4.69) is 15.3 Å². The Hall–Kier alpha value is -1.07. The third-order valence-electron chi connectivity index (χ3n) is 1.69. The number of H-pyrrole nitrogens is 1. The number of hydrogen-bond acceptors (Lipinski definition) is 4. The van der Waals surface area contributed by atoms with Crippen molar-refractivity contribution >= 4 is 17.4 Å². The van der Waals surface area contributed by atoms with E-state index in [1.165, 1.54) is 12.4 Å². The Balaban J connectivity index is 2.15. The average molecular weight is 232 g/mol. The molecule has 15 heavy (non-hydrogen) atoms. The summed E-state index contributed by atoms with van der Waals surface area (Å²) in [6, 6.07) is 0. The van der Waals surface area contributed by atoms with Crippen LogP contribution < -0.4 is 10.9 Å². The van der Waals surface area contributed by atoms with Gasteiger partial charge in [-0.3, -0.25) is 4.79 Å². The van der Waals surface area contributed by atoms with Gasteiger partial charge in [-0.2, -0.15) is 0 Å². The van der Waals surface area contributed by atoms with Crippen molar-refractivity contribution in [1.82, 2.24) is 9.97 Å². The normalized spacial score (nSPS) is 10.2. The monoisotopic (exact) mass is 231 g/mol. The van der Waals surface area contributed by atoms with Crippen molar-refractivity contribution < 1.29 is 4.74 Å². The zero-order valence-electron chi connectivity index (χ0n) is 8.33. The Morgan fingerprint density at radius 2 is 2.40 bits per heavy atom. The van der Waals surface area contributed by atoms with Crippen molar-refractivity contribution in [3.05, 3.63) is 22.7 Å². The number of aromatic amines is 1. The molecule has 0 bridgehead atoms. The van der Waals surface area contributed by atoms with Crippen molar-refractivity contribution in [2.75, 3.05) is 31.0 Å². The fraction of sp³-hybridized carbons (Fsp3) is 0.556. The molecule has 0 aliphatic heterocycles. The lowest BCUT2D eigenvalue weighted by Crippen LogP contribution is -2.17. The molecule has 1 aromatic rings. The van der Waals surface area contributed by atoms with Gasteiger partial charge in [0.25, 0.3) is 5.56 Å². The first-order valence-electron chi connectivity index (χ1n) is 4.76. The second-order valence-electron chi connectivity index (χ2n) is 2.85. The molecule has 0 spiro atoms. The maximum atomic E-state index is 11.2. The van der Waals surface area contributed by atoms with Gasteiger partial charge in [0.2, 0.25) is 0 Å². The first-order chi connectivity index (χ1) is 7.34. The van der Waals surface area contributed by atoms with Crippen molar-refractivity contribution in [2.24, 2.45) is 0 Å². The molecule has 0 aliphatic rings. The van der Waals surface area contributed by atoms with E-state index in [9.17, 15) is 4.79 Å². The summed E-state index contributed by atoms with van der Waals surface area (Å²) in [5.74, 6) is 0.850. The summed E-state index contributed by atoms with van der Waals surface area (Å²) >= 11 is 5.43. The zero-order valence-corrected chi connectivity index (χ0v) is 9.09. The van der Waals surface area contributed by atoms with Crippen molar-refractivity contribution in [3.8, 4) is 0 Å². The van der Waals surface area contributed by atoms with Crippen LogP contribution in [0.25, 0.3) is 0 Å². The molecule has 1 aromatic heterocycles. The molecule has 6 heteroatoms. The highest BCUT2D eigenvalue weighted by Crippen LogP contribution is 1.91. The van der Waals surface area contributed by atoms with Gasteiger partial charge in [0, 0.05) is 31.4 Å². The lowest BCUT2D eigenvalue weighted by atomic mass is 10.4. The van der Waals surface area contributed by atoms with Gasteiger partial charge in [0.05, 0.1) is 6.61 Å². The lowest BCUT2D eigenvalue weighted by molar-refractivity contribution is 0.149. The fourth-order valence-electron chi connectivity index (χ4n) is 1.02. The van der Waals surface area contributed by atoms with Crippen LogP contribution in [0.1, 0.15) is 6.42 Å². The molecule has 0 saturated carbocycles. The van der Waals surface area contributed by atoms with Crippen LogP contribution in [-0.4, -0.2) is 35.6 Å². The third-order valence-corrected chi connectivity index (χ3v) is 1.84. The molecular weight excluding hydrogens is 218 g/mol. The van der Waals surface area contributed by atoms with Crippen molar-refractivity contribution in [3.63, 3.8) is 0 Å². The number of halogens is 1. The highest BCUT2D eigenvalue weighted by atomic mass is 35.5. The van der Waals surface area contributed by atoms with Crippen molar-refractivity contribution in [2.45, 2.75) is 6.42 Å². The molecule has 0 atom stereocenters. The molecule has 0 fully saturated rings. The van der Waals surface area contributed by atoms with Gasteiger partial charge in [-0.25, -0.2) is 4.98 Å². The van der Waals surface area contributed by atoms with E-state index in [0.717, 1.165) is 6.42 Å². The molecule has 0 aromatic carbocycles. The van der Waals surface area contributed by atoms with Crippen LogP contribution in [0.15, 0.2) is 17.2 Å². The number of hydrogen-bond donors (Lipinski definition) is 2. The van der Waals surface area contributed by atoms with Gasteiger partial charge in [-0.1, -0.05) is 0 Å². The first-order valence-corrected chi connectivity index (χ1v) is 5.29. The van der Waals surface area contributed by atoms with E-state index >= 15 is 0 Å². The Morgan fingerprint density at radius 1 is 1.53 bits per heavy atom. The van der Waals surface area contributed by atoms with Gasteiger partial charge in [-0.05, 0) is 6.42 Å². The molecule has 0 saturated heterocycles. The quantitative estimate of drug-likeness (QED) is 0.539. The topological polar surface area (TPSA) is 67.0 Å². The van der Waals surface area contributed by atoms with Crippen LogP contribution in [0.5, 0.6) is 0 Å². The molecule has 84 valence electrons. The minimum absolute atomic E-state index is 0.209. The summed E-state index contributed by atoms with van der Waals surface area (Å²) < 4.78 is 5.17. The molecule has 1 rings (SSSR count). The maximum absolute atomic E-state index is 11.2. The number of ether oxygens (including phenoxy) is 1. The molecule has 0 aliphatic carbocycles. The fourth-order valence-corrected chi connectivity index (χ4v) is 1.12. The molecule has 0 unspecified atom stereocenters. The largest absolute Gasteiger partial charge is 0.380 e. The van der Waals surface area contributed by atoms with Crippen molar-refractivity contribution in [1.29, 1.82) is 0 Å². The Kier molecular flexibility index (Phi) is 5.80. The molecule has 2 N–H and O–H groups in total. The van der Waals surface area contributed by atoms with Crippen LogP contribution in [0.4, 0.5) is 5.82 Å². The van der Waals surface area contributed by atoms with Crippen LogP contribution >= 0.6 is 11.6 Å². The predicted molar refractivity (Wildman–Crippen MR) is 59.5 cm³/mol. The minimum atomic E-state index is -0.209. The summed E-state index contributed by atoms with van der Waals surface area (Å²) in [6.07, 6.45) is 3.84. The first kappa shape index (κ1) is 12.0. The van der Waals surface area contributed by atoms with E-state index in [1.807, 2.05) is 0 Å². The number of nitrogens with one attached hydrogen (secondary N) is 2. The second kappa shape index (κ2) is 7.25. The zero-order chi connectivity index (χ0) is 10.9. The van der Waals surface area contributed by atoms with E-state index in [1.54, 1.807) is 0 Å². The van der Waals surface area contributed by atoms with Crippen LogP contribution in [-0.2, 0) is 4.74 Å². The SMILES string of the molecule is O=c1[nH]ccnc1NCCCOCCCl. The maximum Gasteiger partial charge on any atom is 0.290 e. The van der Waals surface area contributed by atoms with E-state index in [4.69, 9.17) is 16.3 Å². The Labute approximate surface area is 92.8 Å². The van der Waals surface area contributed by atoms with Gasteiger partial charge in [-0.15, -0.1) is 11.6 Å². The Bertz CT molecular complexity index is 329. The van der Waals surface area contributed by atoms with Gasteiger partial charge < -0.3 is 15.0 Å². The molecule has 0 amide bonds. The number of anilines is 1. The molecule has 5 nitrogen and oxygen atoms in total. The van der Waals surface area contributed by atoms with Gasteiger partial charge in [0.1, 0.15) is 0 Å².